The molecule has 0 saturated heterocycles. The first-order valence-corrected chi connectivity index (χ1v) is 7.57. The maximum Gasteiger partial charge on any atom is 0.265 e. The summed E-state index contributed by atoms with van der Waals surface area (Å²) in [6.07, 6.45) is 3.44. The summed E-state index contributed by atoms with van der Waals surface area (Å²) in [5, 5.41) is 6.94. The van der Waals surface area contributed by atoms with E-state index >= 15 is 0 Å². The summed E-state index contributed by atoms with van der Waals surface area (Å²) in [5.74, 6) is -0.168. The molecule has 5 nitrogen and oxygen atoms in total. The zero-order valence-corrected chi connectivity index (χ0v) is 12.7. The standard InChI is InChI=1S/C16H14N4OS/c1-11-15(22-20-19-11)16(21)18-14(12-5-3-2-4-6-12)13-7-9-17-10-8-13/h2-10,14H,1H3,(H,18,21). The van der Waals surface area contributed by atoms with E-state index in [9.17, 15) is 4.79 Å². The fraction of sp³-hybridized carbons (Fsp3) is 0.125. The van der Waals surface area contributed by atoms with Crippen LogP contribution in [0, 0.1) is 6.92 Å². The third-order valence-corrected chi connectivity index (χ3v) is 4.13. The van der Waals surface area contributed by atoms with Crippen LogP contribution in [0.2, 0.25) is 0 Å². The molecule has 1 atom stereocenters. The Morgan fingerprint density at radius 2 is 1.77 bits per heavy atom. The molecule has 110 valence electrons. The molecule has 0 fully saturated rings. The van der Waals surface area contributed by atoms with Crippen LogP contribution in [0.3, 0.4) is 0 Å². The number of aryl methyl sites for hydroxylation is 1. The Labute approximate surface area is 132 Å². The van der Waals surface area contributed by atoms with Crippen LogP contribution in [-0.2, 0) is 0 Å². The summed E-state index contributed by atoms with van der Waals surface area (Å²) in [5.41, 5.74) is 2.63. The number of pyridine rings is 1. The van der Waals surface area contributed by atoms with E-state index in [2.05, 4.69) is 19.9 Å². The van der Waals surface area contributed by atoms with Gasteiger partial charge in [-0.05, 0) is 41.7 Å². The second-order valence-corrected chi connectivity index (χ2v) is 5.54. The van der Waals surface area contributed by atoms with E-state index in [1.165, 1.54) is 0 Å². The van der Waals surface area contributed by atoms with Gasteiger partial charge in [0.25, 0.3) is 5.91 Å². The maximum atomic E-state index is 12.5. The number of hydrogen-bond acceptors (Lipinski definition) is 5. The van der Waals surface area contributed by atoms with E-state index < -0.39 is 0 Å². The predicted molar refractivity (Wildman–Crippen MR) is 84.6 cm³/mol. The quantitative estimate of drug-likeness (QED) is 0.804. The summed E-state index contributed by atoms with van der Waals surface area (Å²) < 4.78 is 3.82. The van der Waals surface area contributed by atoms with Crippen molar-refractivity contribution in [2.75, 3.05) is 0 Å². The zero-order valence-electron chi connectivity index (χ0n) is 11.9. The van der Waals surface area contributed by atoms with Crippen molar-refractivity contribution in [3.63, 3.8) is 0 Å². The lowest BCUT2D eigenvalue weighted by Gasteiger charge is -2.19. The molecule has 1 aromatic carbocycles. The molecule has 1 N–H and O–H groups in total. The average Bonchev–Trinajstić information content (AvgIpc) is 3.00. The van der Waals surface area contributed by atoms with Crippen LogP contribution in [0.4, 0.5) is 0 Å². The highest BCUT2D eigenvalue weighted by Gasteiger charge is 2.20. The first kappa shape index (κ1) is 14.3. The molecule has 3 aromatic rings. The van der Waals surface area contributed by atoms with Gasteiger partial charge in [-0.15, -0.1) is 5.10 Å². The van der Waals surface area contributed by atoms with Crippen LogP contribution >= 0.6 is 11.5 Å². The predicted octanol–water partition coefficient (Wildman–Crippen LogP) is 2.76. The van der Waals surface area contributed by atoms with Crippen molar-refractivity contribution >= 4 is 17.4 Å². The monoisotopic (exact) mass is 310 g/mol. The minimum absolute atomic E-state index is 0.168. The van der Waals surface area contributed by atoms with Crippen LogP contribution in [0.5, 0.6) is 0 Å². The number of nitrogens with zero attached hydrogens (tertiary/aromatic N) is 3. The largest absolute Gasteiger partial charge is 0.340 e. The number of aromatic nitrogens is 3. The van der Waals surface area contributed by atoms with Crippen LogP contribution in [0.25, 0.3) is 0 Å². The van der Waals surface area contributed by atoms with E-state index in [-0.39, 0.29) is 11.9 Å². The molecular weight excluding hydrogens is 296 g/mol. The molecule has 2 heterocycles. The topological polar surface area (TPSA) is 67.8 Å². The van der Waals surface area contributed by atoms with Gasteiger partial charge in [0.1, 0.15) is 4.88 Å². The van der Waals surface area contributed by atoms with Gasteiger partial charge in [0.15, 0.2) is 0 Å². The number of rotatable bonds is 4. The lowest BCUT2D eigenvalue weighted by atomic mass is 9.99. The Bertz CT molecular complexity index is 719. The highest BCUT2D eigenvalue weighted by molar-refractivity contribution is 7.08. The van der Waals surface area contributed by atoms with Gasteiger partial charge < -0.3 is 5.32 Å². The number of amides is 1. The van der Waals surface area contributed by atoms with E-state index in [1.54, 1.807) is 19.3 Å². The minimum Gasteiger partial charge on any atom is -0.340 e. The van der Waals surface area contributed by atoms with E-state index in [0.717, 1.165) is 22.7 Å². The fourth-order valence-corrected chi connectivity index (χ4v) is 2.76. The summed E-state index contributed by atoms with van der Waals surface area (Å²) in [6.45, 7) is 1.78. The number of benzene rings is 1. The first-order valence-electron chi connectivity index (χ1n) is 6.80. The molecule has 2 aromatic heterocycles. The molecule has 0 aliphatic carbocycles. The number of hydrogen-bond donors (Lipinski definition) is 1. The summed E-state index contributed by atoms with van der Waals surface area (Å²) in [7, 11) is 0. The molecule has 0 bridgehead atoms. The molecule has 0 saturated carbocycles. The third kappa shape index (κ3) is 3.01. The Hall–Kier alpha value is -2.60. The van der Waals surface area contributed by atoms with E-state index in [4.69, 9.17) is 0 Å². The molecule has 0 aliphatic heterocycles. The zero-order chi connectivity index (χ0) is 15.4. The van der Waals surface area contributed by atoms with Gasteiger partial charge >= 0.3 is 0 Å². The molecule has 3 rings (SSSR count). The van der Waals surface area contributed by atoms with Gasteiger partial charge in [-0.3, -0.25) is 9.78 Å². The Balaban J connectivity index is 1.93. The van der Waals surface area contributed by atoms with Crippen molar-refractivity contribution in [2.24, 2.45) is 0 Å². The normalized spacial score (nSPS) is 11.9. The van der Waals surface area contributed by atoms with Gasteiger partial charge in [-0.25, -0.2) is 0 Å². The second kappa shape index (κ2) is 6.44. The van der Waals surface area contributed by atoms with Gasteiger partial charge in [0.2, 0.25) is 0 Å². The van der Waals surface area contributed by atoms with Crippen LogP contribution in [-0.4, -0.2) is 20.5 Å². The van der Waals surface area contributed by atoms with Crippen molar-refractivity contribution in [3.05, 3.63) is 76.6 Å². The SMILES string of the molecule is Cc1nnsc1C(=O)NC(c1ccccc1)c1ccncc1. The van der Waals surface area contributed by atoms with Crippen molar-refractivity contribution in [2.45, 2.75) is 13.0 Å². The first-order chi connectivity index (χ1) is 10.8. The van der Waals surface area contributed by atoms with Gasteiger partial charge in [0, 0.05) is 12.4 Å². The van der Waals surface area contributed by atoms with Crippen molar-refractivity contribution in [1.82, 2.24) is 19.9 Å². The van der Waals surface area contributed by atoms with Crippen LogP contribution in [0.15, 0.2) is 54.9 Å². The highest BCUT2D eigenvalue weighted by Crippen LogP contribution is 2.22. The molecule has 6 heteroatoms. The number of nitrogens with one attached hydrogen (secondary N) is 1. The summed E-state index contributed by atoms with van der Waals surface area (Å²) in [4.78, 5) is 17.1. The Morgan fingerprint density at radius 3 is 2.41 bits per heavy atom. The Kier molecular flexibility index (Phi) is 4.20. The molecule has 0 aliphatic rings. The lowest BCUT2D eigenvalue weighted by Crippen LogP contribution is -2.29. The lowest BCUT2D eigenvalue weighted by molar-refractivity contribution is 0.0946. The van der Waals surface area contributed by atoms with Crippen molar-refractivity contribution in [1.29, 1.82) is 0 Å². The Morgan fingerprint density at radius 1 is 1.09 bits per heavy atom. The fourth-order valence-electron chi connectivity index (χ4n) is 2.20. The molecule has 0 spiro atoms. The number of carbonyl (C=O) groups is 1. The second-order valence-electron chi connectivity index (χ2n) is 4.79. The molecule has 1 unspecified atom stereocenters. The van der Waals surface area contributed by atoms with Crippen molar-refractivity contribution in [3.8, 4) is 0 Å². The molecular formula is C16H14N4OS. The van der Waals surface area contributed by atoms with Gasteiger partial charge in [0.05, 0.1) is 11.7 Å². The van der Waals surface area contributed by atoms with Crippen LogP contribution in [0.1, 0.15) is 32.5 Å². The van der Waals surface area contributed by atoms with E-state index in [0.29, 0.717) is 10.6 Å². The molecule has 22 heavy (non-hydrogen) atoms. The van der Waals surface area contributed by atoms with Crippen molar-refractivity contribution < 1.29 is 4.79 Å². The molecule has 1 amide bonds. The third-order valence-electron chi connectivity index (χ3n) is 3.31. The maximum absolute atomic E-state index is 12.5. The van der Waals surface area contributed by atoms with Gasteiger partial charge in [-0.2, -0.15) is 0 Å². The van der Waals surface area contributed by atoms with Crippen LogP contribution < -0.4 is 5.32 Å². The average molecular weight is 310 g/mol. The smallest absolute Gasteiger partial charge is 0.265 e. The number of carbonyl (C=O) groups excluding carboxylic acids is 1. The molecule has 0 radical (unpaired) electrons. The summed E-state index contributed by atoms with van der Waals surface area (Å²) in [6, 6.07) is 13.4. The minimum atomic E-state index is -0.238. The summed E-state index contributed by atoms with van der Waals surface area (Å²) >= 11 is 1.10. The van der Waals surface area contributed by atoms with E-state index in [1.807, 2.05) is 42.5 Å². The highest BCUT2D eigenvalue weighted by atomic mass is 32.1. The van der Waals surface area contributed by atoms with Gasteiger partial charge in [-0.1, -0.05) is 34.8 Å².